The Bertz CT molecular complexity index is 941. The van der Waals surface area contributed by atoms with E-state index in [1.807, 2.05) is 72.8 Å². The molecule has 0 saturated carbocycles. The van der Waals surface area contributed by atoms with Crippen LogP contribution in [0.3, 0.4) is 0 Å². The van der Waals surface area contributed by atoms with Gasteiger partial charge in [-0.3, -0.25) is 0 Å². The van der Waals surface area contributed by atoms with Crippen molar-refractivity contribution in [3.63, 3.8) is 0 Å². The van der Waals surface area contributed by atoms with Crippen LogP contribution < -0.4 is 9.47 Å². The lowest BCUT2D eigenvalue weighted by Gasteiger charge is -2.10. The molecule has 1 heterocycles. The van der Waals surface area contributed by atoms with E-state index in [1.54, 1.807) is 7.11 Å². The number of aromatic nitrogens is 2. The Morgan fingerprint density at radius 2 is 1.50 bits per heavy atom. The molecular weight excluding hydrogens is 300 g/mol. The fraction of sp³-hybridized carbons (Fsp3) is 0.0500. The lowest BCUT2D eigenvalue weighted by atomic mass is 10.2. The molecule has 0 aliphatic rings. The highest BCUT2D eigenvalue weighted by molar-refractivity contribution is 5.80. The molecule has 1 N–H and O–H groups in total. The third kappa shape index (κ3) is 2.70. The summed E-state index contributed by atoms with van der Waals surface area (Å²) in [6, 6.07) is 23.3. The normalized spacial score (nSPS) is 10.7. The van der Waals surface area contributed by atoms with Gasteiger partial charge in [0, 0.05) is 0 Å². The summed E-state index contributed by atoms with van der Waals surface area (Å²) in [4.78, 5) is 8.00. The van der Waals surface area contributed by atoms with E-state index >= 15 is 0 Å². The number of aromatic amines is 1. The third-order valence-corrected chi connectivity index (χ3v) is 3.82. The van der Waals surface area contributed by atoms with Crippen LogP contribution in [0.4, 0.5) is 0 Å². The molecular formula is C20H16N2O2. The molecule has 0 spiro atoms. The lowest BCUT2D eigenvalue weighted by Crippen LogP contribution is -1.90. The van der Waals surface area contributed by atoms with Gasteiger partial charge in [0.25, 0.3) is 0 Å². The maximum atomic E-state index is 6.04. The first kappa shape index (κ1) is 14.3. The fourth-order valence-corrected chi connectivity index (χ4v) is 2.60. The monoisotopic (exact) mass is 316 g/mol. The molecule has 4 nitrogen and oxygen atoms in total. The van der Waals surface area contributed by atoms with Gasteiger partial charge in [0.1, 0.15) is 23.1 Å². The molecule has 0 fully saturated rings. The second kappa shape index (κ2) is 6.08. The smallest absolute Gasteiger partial charge is 0.142 e. The Morgan fingerprint density at radius 3 is 2.29 bits per heavy atom. The first-order valence-electron chi connectivity index (χ1n) is 7.69. The van der Waals surface area contributed by atoms with Gasteiger partial charge < -0.3 is 14.5 Å². The maximum Gasteiger partial charge on any atom is 0.142 e. The van der Waals surface area contributed by atoms with Crippen molar-refractivity contribution >= 4 is 11.0 Å². The molecule has 0 aliphatic carbocycles. The van der Waals surface area contributed by atoms with Gasteiger partial charge in [-0.25, -0.2) is 4.98 Å². The number of benzene rings is 3. The highest BCUT2D eigenvalue weighted by atomic mass is 16.5. The van der Waals surface area contributed by atoms with Crippen molar-refractivity contribution < 1.29 is 9.47 Å². The number of rotatable bonds is 4. The summed E-state index contributed by atoms with van der Waals surface area (Å²) in [5.41, 5.74) is 2.86. The Morgan fingerprint density at radius 1 is 0.792 bits per heavy atom. The number of para-hydroxylation sites is 3. The number of hydrogen-bond acceptors (Lipinski definition) is 3. The first-order chi connectivity index (χ1) is 11.8. The lowest BCUT2D eigenvalue weighted by molar-refractivity contribution is 0.413. The largest absolute Gasteiger partial charge is 0.497 e. The summed E-state index contributed by atoms with van der Waals surface area (Å²) in [6.45, 7) is 0. The molecule has 118 valence electrons. The Balaban J connectivity index is 1.71. The van der Waals surface area contributed by atoms with Gasteiger partial charge in [-0.1, -0.05) is 24.3 Å². The van der Waals surface area contributed by atoms with Crippen LogP contribution in [-0.4, -0.2) is 17.1 Å². The minimum Gasteiger partial charge on any atom is -0.497 e. The summed E-state index contributed by atoms with van der Waals surface area (Å²) in [5, 5.41) is 0. The van der Waals surface area contributed by atoms with Gasteiger partial charge in [-0.15, -0.1) is 0 Å². The van der Waals surface area contributed by atoms with Gasteiger partial charge >= 0.3 is 0 Å². The van der Waals surface area contributed by atoms with Crippen molar-refractivity contribution in [3.05, 3.63) is 72.8 Å². The van der Waals surface area contributed by atoms with Crippen LogP contribution >= 0.6 is 0 Å². The number of nitrogens with zero attached hydrogens (tertiary/aromatic N) is 1. The second-order valence-electron chi connectivity index (χ2n) is 5.38. The molecule has 0 saturated heterocycles. The second-order valence-corrected chi connectivity index (χ2v) is 5.38. The van der Waals surface area contributed by atoms with Crippen molar-refractivity contribution in [2.75, 3.05) is 7.11 Å². The number of nitrogens with one attached hydrogen (secondary N) is 1. The number of methoxy groups -OCH3 is 1. The van der Waals surface area contributed by atoms with Crippen LogP contribution in [0.5, 0.6) is 17.2 Å². The van der Waals surface area contributed by atoms with Crippen molar-refractivity contribution in [3.8, 4) is 28.6 Å². The topological polar surface area (TPSA) is 47.1 Å². The zero-order valence-electron chi connectivity index (χ0n) is 13.2. The summed E-state index contributed by atoms with van der Waals surface area (Å²) in [6.07, 6.45) is 0. The van der Waals surface area contributed by atoms with E-state index < -0.39 is 0 Å². The molecule has 0 amide bonds. The molecule has 0 atom stereocenters. The summed E-state index contributed by atoms with van der Waals surface area (Å²) in [5.74, 6) is 3.09. The Hall–Kier alpha value is -3.27. The van der Waals surface area contributed by atoms with E-state index in [2.05, 4.69) is 9.97 Å². The van der Waals surface area contributed by atoms with Crippen LogP contribution in [0.1, 0.15) is 0 Å². The third-order valence-electron chi connectivity index (χ3n) is 3.82. The van der Waals surface area contributed by atoms with E-state index in [4.69, 9.17) is 9.47 Å². The number of ether oxygens (including phenoxy) is 2. The number of fused-ring (bicyclic) bond motifs is 1. The van der Waals surface area contributed by atoms with Gasteiger partial charge in [0.2, 0.25) is 0 Å². The predicted octanol–water partition coefficient (Wildman–Crippen LogP) is 5.03. The number of H-pyrrole nitrogens is 1. The van der Waals surface area contributed by atoms with Crippen LogP contribution in [-0.2, 0) is 0 Å². The predicted molar refractivity (Wildman–Crippen MR) is 94.6 cm³/mol. The molecule has 0 unspecified atom stereocenters. The van der Waals surface area contributed by atoms with E-state index in [-0.39, 0.29) is 0 Å². The van der Waals surface area contributed by atoms with Gasteiger partial charge in [-0.05, 0) is 48.5 Å². The molecule has 0 bridgehead atoms. The molecule has 24 heavy (non-hydrogen) atoms. The quantitative estimate of drug-likeness (QED) is 0.574. The van der Waals surface area contributed by atoms with Crippen molar-refractivity contribution in [2.45, 2.75) is 0 Å². The average molecular weight is 316 g/mol. The molecule has 0 radical (unpaired) electrons. The first-order valence-corrected chi connectivity index (χ1v) is 7.69. The molecule has 4 heteroatoms. The van der Waals surface area contributed by atoms with Gasteiger partial charge in [0.15, 0.2) is 0 Å². The van der Waals surface area contributed by atoms with Crippen LogP contribution in [0.2, 0.25) is 0 Å². The average Bonchev–Trinajstić information content (AvgIpc) is 3.07. The SMILES string of the molecule is COc1ccc(Oc2ccccc2-c2nc3ccccc3[nH]2)cc1. The fourth-order valence-electron chi connectivity index (χ4n) is 2.60. The Kier molecular flexibility index (Phi) is 3.63. The van der Waals surface area contributed by atoms with E-state index in [9.17, 15) is 0 Å². The highest BCUT2D eigenvalue weighted by Crippen LogP contribution is 2.33. The molecule has 1 aromatic heterocycles. The van der Waals surface area contributed by atoms with Crippen molar-refractivity contribution in [1.82, 2.24) is 9.97 Å². The van der Waals surface area contributed by atoms with Crippen LogP contribution in [0.25, 0.3) is 22.4 Å². The number of imidazole rings is 1. The molecule has 4 aromatic rings. The standard InChI is InChI=1S/C20H16N2O2/c1-23-14-10-12-15(13-11-14)24-19-9-5-2-6-16(19)20-21-17-7-3-4-8-18(17)22-20/h2-13H,1H3,(H,21,22). The molecule has 3 aromatic carbocycles. The van der Waals surface area contributed by atoms with Gasteiger partial charge in [0.05, 0.1) is 23.7 Å². The zero-order valence-corrected chi connectivity index (χ0v) is 13.2. The summed E-state index contributed by atoms with van der Waals surface area (Å²) in [7, 11) is 1.65. The van der Waals surface area contributed by atoms with Crippen LogP contribution in [0.15, 0.2) is 72.8 Å². The zero-order chi connectivity index (χ0) is 16.4. The van der Waals surface area contributed by atoms with Crippen molar-refractivity contribution in [2.24, 2.45) is 0 Å². The van der Waals surface area contributed by atoms with E-state index in [0.717, 1.165) is 39.7 Å². The van der Waals surface area contributed by atoms with Gasteiger partial charge in [-0.2, -0.15) is 0 Å². The molecule has 0 aliphatic heterocycles. The van der Waals surface area contributed by atoms with Crippen molar-refractivity contribution in [1.29, 1.82) is 0 Å². The summed E-state index contributed by atoms with van der Waals surface area (Å²) < 4.78 is 11.2. The summed E-state index contributed by atoms with van der Waals surface area (Å²) >= 11 is 0. The van der Waals surface area contributed by atoms with E-state index in [1.165, 1.54) is 0 Å². The molecule has 4 rings (SSSR count). The van der Waals surface area contributed by atoms with Crippen LogP contribution in [0, 0.1) is 0 Å². The maximum absolute atomic E-state index is 6.04. The highest BCUT2D eigenvalue weighted by Gasteiger charge is 2.11. The minimum atomic E-state index is 0.749. The number of hydrogen-bond donors (Lipinski definition) is 1. The Labute approximate surface area is 139 Å². The minimum absolute atomic E-state index is 0.749. The van der Waals surface area contributed by atoms with E-state index in [0.29, 0.717) is 0 Å².